The summed E-state index contributed by atoms with van der Waals surface area (Å²) in [5.41, 5.74) is -0.165. The van der Waals surface area contributed by atoms with Crippen LogP contribution in [0.15, 0.2) is 29.2 Å². The molecule has 0 radical (unpaired) electrons. The molecule has 116 valence electrons. The van der Waals surface area contributed by atoms with E-state index >= 15 is 0 Å². The number of likely N-dealkylation sites (N-methyl/N-ethyl adjacent to an activating group) is 1. The van der Waals surface area contributed by atoms with Crippen molar-refractivity contribution >= 4 is 6.03 Å². The summed E-state index contributed by atoms with van der Waals surface area (Å²) < 4.78 is 1.42. The molecule has 1 aromatic rings. The predicted octanol–water partition coefficient (Wildman–Crippen LogP) is -0.834. The third kappa shape index (κ3) is 4.57. The molecule has 2 N–H and O–H groups in total. The first-order valence-corrected chi connectivity index (χ1v) is 7.11. The van der Waals surface area contributed by atoms with Crippen molar-refractivity contribution in [2.75, 3.05) is 39.8 Å². The highest BCUT2D eigenvalue weighted by Crippen LogP contribution is 1.99. The molecule has 1 aromatic heterocycles. The minimum atomic E-state index is -0.790. The molecule has 2 heterocycles. The van der Waals surface area contributed by atoms with E-state index in [1.54, 1.807) is 23.2 Å². The number of carbonyl (C=O) groups excluding carboxylic acids is 1. The fourth-order valence-electron chi connectivity index (χ4n) is 2.23. The van der Waals surface area contributed by atoms with Crippen molar-refractivity contribution < 1.29 is 9.90 Å². The molecular formula is C14H22N4O3. The van der Waals surface area contributed by atoms with Crippen molar-refractivity contribution in [2.45, 2.75) is 12.6 Å². The van der Waals surface area contributed by atoms with Crippen LogP contribution in [0.25, 0.3) is 0 Å². The number of piperazine rings is 1. The standard InChI is InChI=1S/C14H22N4O3/c1-16-6-8-17(9-7-16)14(21)15-10-12(19)11-18-5-3-2-4-13(18)20/h2-5,12,19H,6-11H2,1H3,(H,15,21). The Morgan fingerprint density at radius 3 is 2.71 bits per heavy atom. The van der Waals surface area contributed by atoms with Crippen LogP contribution in [0.2, 0.25) is 0 Å². The number of pyridine rings is 1. The van der Waals surface area contributed by atoms with Crippen molar-refractivity contribution in [3.63, 3.8) is 0 Å². The zero-order valence-electron chi connectivity index (χ0n) is 12.2. The maximum absolute atomic E-state index is 11.9. The second-order valence-corrected chi connectivity index (χ2v) is 5.32. The zero-order chi connectivity index (χ0) is 15.2. The monoisotopic (exact) mass is 294 g/mol. The quantitative estimate of drug-likeness (QED) is 0.759. The summed E-state index contributed by atoms with van der Waals surface area (Å²) in [6.07, 6.45) is 0.829. The average Bonchev–Trinajstić information content (AvgIpc) is 2.48. The summed E-state index contributed by atoms with van der Waals surface area (Å²) in [7, 11) is 2.02. The highest BCUT2D eigenvalue weighted by molar-refractivity contribution is 5.74. The predicted molar refractivity (Wildman–Crippen MR) is 79.2 cm³/mol. The summed E-state index contributed by atoms with van der Waals surface area (Å²) in [5, 5.41) is 12.6. The second-order valence-electron chi connectivity index (χ2n) is 5.32. The van der Waals surface area contributed by atoms with Gasteiger partial charge in [-0.2, -0.15) is 0 Å². The van der Waals surface area contributed by atoms with Gasteiger partial charge in [0.25, 0.3) is 5.56 Å². The highest BCUT2D eigenvalue weighted by Gasteiger charge is 2.19. The van der Waals surface area contributed by atoms with E-state index in [2.05, 4.69) is 10.2 Å². The van der Waals surface area contributed by atoms with Gasteiger partial charge in [0.2, 0.25) is 0 Å². The number of urea groups is 1. The number of aromatic nitrogens is 1. The molecule has 2 amide bonds. The molecule has 7 nitrogen and oxygen atoms in total. The van der Waals surface area contributed by atoms with Gasteiger partial charge in [0.15, 0.2) is 0 Å². The number of nitrogens with one attached hydrogen (secondary N) is 1. The third-order valence-electron chi connectivity index (χ3n) is 3.59. The number of nitrogens with zero attached hydrogens (tertiary/aromatic N) is 3. The maximum Gasteiger partial charge on any atom is 0.317 e. The molecule has 1 aliphatic heterocycles. The minimum Gasteiger partial charge on any atom is -0.389 e. The van der Waals surface area contributed by atoms with Crippen LogP contribution < -0.4 is 10.9 Å². The van der Waals surface area contributed by atoms with E-state index in [9.17, 15) is 14.7 Å². The molecule has 7 heteroatoms. The van der Waals surface area contributed by atoms with Gasteiger partial charge in [-0.3, -0.25) is 4.79 Å². The summed E-state index contributed by atoms with van der Waals surface area (Å²) >= 11 is 0. The Morgan fingerprint density at radius 1 is 1.33 bits per heavy atom. The van der Waals surface area contributed by atoms with Crippen LogP contribution in [0.3, 0.4) is 0 Å². The van der Waals surface area contributed by atoms with Crippen molar-refractivity contribution in [1.29, 1.82) is 0 Å². The fraction of sp³-hybridized carbons (Fsp3) is 0.571. The lowest BCUT2D eigenvalue weighted by molar-refractivity contribution is 0.132. The molecule has 0 aliphatic carbocycles. The van der Waals surface area contributed by atoms with Gasteiger partial charge in [-0.1, -0.05) is 6.07 Å². The fourth-order valence-corrected chi connectivity index (χ4v) is 2.23. The Labute approximate surface area is 123 Å². The topological polar surface area (TPSA) is 77.8 Å². The lowest BCUT2D eigenvalue weighted by Crippen LogP contribution is -2.51. The van der Waals surface area contributed by atoms with E-state index in [1.807, 2.05) is 7.05 Å². The van der Waals surface area contributed by atoms with Gasteiger partial charge in [-0.15, -0.1) is 0 Å². The molecule has 0 spiro atoms. The van der Waals surface area contributed by atoms with E-state index in [4.69, 9.17) is 0 Å². The zero-order valence-corrected chi connectivity index (χ0v) is 12.2. The van der Waals surface area contributed by atoms with E-state index in [-0.39, 0.29) is 24.7 Å². The van der Waals surface area contributed by atoms with Crippen LogP contribution >= 0.6 is 0 Å². The molecule has 0 aromatic carbocycles. The van der Waals surface area contributed by atoms with Gasteiger partial charge in [-0.25, -0.2) is 4.79 Å². The number of hydrogen-bond acceptors (Lipinski definition) is 4. The summed E-state index contributed by atoms with van der Waals surface area (Å²) in [4.78, 5) is 27.4. The van der Waals surface area contributed by atoms with Gasteiger partial charge >= 0.3 is 6.03 Å². The number of aliphatic hydroxyl groups is 1. The number of aliphatic hydroxyl groups excluding tert-OH is 1. The van der Waals surface area contributed by atoms with Crippen LogP contribution in [0.1, 0.15) is 0 Å². The van der Waals surface area contributed by atoms with Crippen LogP contribution in [0.5, 0.6) is 0 Å². The largest absolute Gasteiger partial charge is 0.389 e. The third-order valence-corrected chi connectivity index (χ3v) is 3.59. The van der Waals surface area contributed by atoms with E-state index < -0.39 is 6.10 Å². The number of carbonyl (C=O) groups is 1. The van der Waals surface area contributed by atoms with Crippen LogP contribution in [0, 0.1) is 0 Å². The first kappa shape index (κ1) is 15.5. The van der Waals surface area contributed by atoms with Gasteiger partial charge in [-0.05, 0) is 13.1 Å². The molecule has 1 fully saturated rings. The van der Waals surface area contributed by atoms with E-state index in [0.717, 1.165) is 13.1 Å². The molecule has 0 saturated carbocycles. The Bertz CT molecular complexity index is 523. The number of amides is 2. The first-order valence-electron chi connectivity index (χ1n) is 7.11. The van der Waals surface area contributed by atoms with Crippen LogP contribution in [0.4, 0.5) is 4.79 Å². The SMILES string of the molecule is CN1CCN(C(=O)NCC(O)Cn2ccccc2=O)CC1. The molecule has 1 aliphatic rings. The van der Waals surface area contributed by atoms with Gasteiger partial charge in [0.05, 0.1) is 12.6 Å². The number of rotatable bonds is 4. The van der Waals surface area contributed by atoms with Crippen LogP contribution in [-0.4, -0.2) is 71.4 Å². The molecule has 1 saturated heterocycles. The molecule has 0 bridgehead atoms. The Kier molecular flexibility index (Phi) is 5.35. The Hall–Kier alpha value is -1.86. The molecule has 1 unspecified atom stereocenters. The Morgan fingerprint density at radius 2 is 2.05 bits per heavy atom. The second kappa shape index (κ2) is 7.24. The maximum atomic E-state index is 11.9. The van der Waals surface area contributed by atoms with Crippen molar-refractivity contribution in [1.82, 2.24) is 19.7 Å². The van der Waals surface area contributed by atoms with Gasteiger partial charge in [0, 0.05) is 45.0 Å². The van der Waals surface area contributed by atoms with E-state index in [0.29, 0.717) is 13.1 Å². The van der Waals surface area contributed by atoms with Crippen molar-refractivity contribution in [3.8, 4) is 0 Å². The lowest BCUT2D eigenvalue weighted by Gasteiger charge is -2.32. The van der Waals surface area contributed by atoms with Crippen molar-refractivity contribution in [3.05, 3.63) is 34.7 Å². The first-order chi connectivity index (χ1) is 10.1. The number of hydrogen-bond donors (Lipinski definition) is 2. The highest BCUT2D eigenvalue weighted by atomic mass is 16.3. The Balaban J connectivity index is 1.76. The molecule has 2 rings (SSSR count). The normalized spacial score (nSPS) is 17.5. The summed E-state index contributed by atoms with van der Waals surface area (Å²) in [6.45, 7) is 3.40. The van der Waals surface area contributed by atoms with Crippen LogP contribution in [-0.2, 0) is 6.54 Å². The molecule has 21 heavy (non-hydrogen) atoms. The molecule has 1 atom stereocenters. The van der Waals surface area contributed by atoms with E-state index in [1.165, 1.54) is 10.6 Å². The average molecular weight is 294 g/mol. The smallest absolute Gasteiger partial charge is 0.317 e. The van der Waals surface area contributed by atoms with Crippen molar-refractivity contribution in [2.24, 2.45) is 0 Å². The lowest BCUT2D eigenvalue weighted by atomic mass is 10.3. The molecular weight excluding hydrogens is 272 g/mol. The van der Waals surface area contributed by atoms with Gasteiger partial charge in [0.1, 0.15) is 0 Å². The summed E-state index contributed by atoms with van der Waals surface area (Å²) in [6, 6.07) is 4.66. The summed E-state index contributed by atoms with van der Waals surface area (Å²) in [5.74, 6) is 0. The minimum absolute atomic E-state index is 0.131. The van der Waals surface area contributed by atoms with Gasteiger partial charge < -0.3 is 24.8 Å².